The summed E-state index contributed by atoms with van der Waals surface area (Å²) in [5.41, 5.74) is 2.46. The van der Waals surface area contributed by atoms with Crippen LogP contribution in [0.3, 0.4) is 0 Å². The number of rotatable bonds is 13. The molecule has 0 spiro atoms. The number of aromatic amines is 1. The lowest BCUT2D eigenvalue weighted by Crippen LogP contribution is -2.17. The van der Waals surface area contributed by atoms with E-state index in [4.69, 9.17) is 9.47 Å². The Bertz CT molecular complexity index is 1320. The van der Waals surface area contributed by atoms with Gasteiger partial charge in [-0.3, -0.25) is 4.79 Å². The maximum atomic E-state index is 12.9. The van der Waals surface area contributed by atoms with E-state index in [1.165, 1.54) is 55.9 Å². The first-order chi connectivity index (χ1) is 17.2. The van der Waals surface area contributed by atoms with Crippen molar-refractivity contribution in [3.8, 4) is 11.5 Å². The summed E-state index contributed by atoms with van der Waals surface area (Å²) in [6, 6.07) is 13.3. The summed E-state index contributed by atoms with van der Waals surface area (Å²) < 4.78 is 12.4. The first kappa shape index (κ1) is 24.5. The van der Waals surface area contributed by atoms with Crippen LogP contribution in [0.15, 0.2) is 58.7 Å². The fourth-order valence-electron chi connectivity index (χ4n) is 4.14. The maximum Gasteiger partial charge on any atom is 0.298 e. The van der Waals surface area contributed by atoms with E-state index in [-0.39, 0.29) is 5.56 Å². The standard InChI is InChI=1S/C28H34N4O3/c1-3-4-5-6-7-8-9-10-17-35-22-13-11-21(12-14-22)19-30-32-20-29-26-24-18-23(34-2)15-16-25(24)31-27(26)28(32)33/h11-16,18-20,31H,3-10,17H2,1-2H3/b30-19+. The molecule has 0 amide bonds. The van der Waals surface area contributed by atoms with E-state index < -0.39 is 0 Å². The normalized spacial score (nSPS) is 11.6. The number of benzene rings is 2. The Labute approximate surface area is 205 Å². The van der Waals surface area contributed by atoms with Crippen molar-refractivity contribution in [3.05, 3.63) is 64.7 Å². The molecule has 0 fully saturated rings. The highest BCUT2D eigenvalue weighted by atomic mass is 16.5. The number of hydrogen-bond acceptors (Lipinski definition) is 5. The summed E-state index contributed by atoms with van der Waals surface area (Å²) in [5, 5.41) is 5.16. The highest BCUT2D eigenvalue weighted by Gasteiger charge is 2.11. The summed E-state index contributed by atoms with van der Waals surface area (Å²) in [6.07, 6.45) is 13.4. The van der Waals surface area contributed by atoms with Crippen LogP contribution in [0, 0.1) is 0 Å². The van der Waals surface area contributed by atoms with Crippen molar-refractivity contribution in [1.29, 1.82) is 0 Å². The Kier molecular flexibility index (Phi) is 8.54. The minimum absolute atomic E-state index is 0.258. The highest BCUT2D eigenvalue weighted by Crippen LogP contribution is 2.25. The van der Waals surface area contributed by atoms with Gasteiger partial charge < -0.3 is 14.5 Å². The largest absolute Gasteiger partial charge is 0.497 e. The molecule has 0 aliphatic rings. The van der Waals surface area contributed by atoms with Gasteiger partial charge in [0.05, 0.1) is 19.9 Å². The molecule has 1 N–H and O–H groups in total. The second-order valence-electron chi connectivity index (χ2n) is 8.79. The molecule has 2 aromatic carbocycles. The molecule has 0 saturated heterocycles. The fourth-order valence-corrected chi connectivity index (χ4v) is 4.14. The van der Waals surface area contributed by atoms with Gasteiger partial charge in [0, 0.05) is 10.9 Å². The number of ether oxygens (including phenoxy) is 2. The quantitative estimate of drug-likeness (QED) is 0.182. The van der Waals surface area contributed by atoms with Crippen LogP contribution in [0.2, 0.25) is 0 Å². The van der Waals surface area contributed by atoms with Crippen molar-refractivity contribution >= 4 is 28.2 Å². The molecule has 0 bridgehead atoms. The number of unbranched alkanes of at least 4 members (excludes halogenated alkanes) is 7. The van der Waals surface area contributed by atoms with Gasteiger partial charge >= 0.3 is 0 Å². The third kappa shape index (κ3) is 6.29. The van der Waals surface area contributed by atoms with Gasteiger partial charge in [-0.1, -0.05) is 51.9 Å². The van der Waals surface area contributed by atoms with Crippen molar-refractivity contribution in [2.75, 3.05) is 13.7 Å². The molecule has 184 valence electrons. The zero-order valence-corrected chi connectivity index (χ0v) is 20.6. The highest BCUT2D eigenvalue weighted by molar-refractivity contribution is 6.04. The number of aromatic nitrogens is 3. The van der Waals surface area contributed by atoms with E-state index in [1.807, 2.05) is 42.5 Å². The summed E-state index contributed by atoms with van der Waals surface area (Å²) in [7, 11) is 1.61. The Hall–Kier alpha value is -3.61. The Morgan fingerprint density at radius 1 is 0.971 bits per heavy atom. The lowest BCUT2D eigenvalue weighted by Gasteiger charge is -2.06. The van der Waals surface area contributed by atoms with Crippen molar-refractivity contribution in [2.45, 2.75) is 58.3 Å². The SMILES string of the molecule is CCCCCCCCCCOc1ccc(/C=N/n2cnc3c([nH]c4ccc(OC)cc43)c2=O)cc1. The van der Waals surface area contributed by atoms with Crippen LogP contribution in [-0.2, 0) is 0 Å². The van der Waals surface area contributed by atoms with Crippen LogP contribution in [-0.4, -0.2) is 34.6 Å². The van der Waals surface area contributed by atoms with Gasteiger partial charge in [-0.2, -0.15) is 9.78 Å². The van der Waals surface area contributed by atoms with Crippen LogP contribution in [0.4, 0.5) is 0 Å². The van der Waals surface area contributed by atoms with Crippen LogP contribution in [0.25, 0.3) is 21.9 Å². The lowest BCUT2D eigenvalue weighted by atomic mass is 10.1. The first-order valence-corrected chi connectivity index (χ1v) is 12.5. The second kappa shape index (κ2) is 12.2. The van der Waals surface area contributed by atoms with Gasteiger partial charge in [0.2, 0.25) is 0 Å². The third-order valence-electron chi connectivity index (χ3n) is 6.17. The molecular formula is C28H34N4O3. The monoisotopic (exact) mass is 474 g/mol. The van der Waals surface area contributed by atoms with Gasteiger partial charge in [0.15, 0.2) is 0 Å². The third-order valence-corrected chi connectivity index (χ3v) is 6.17. The van der Waals surface area contributed by atoms with Crippen molar-refractivity contribution in [3.63, 3.8) is 0 Å². The van der Waals surface area contributed by atoms with E-state index in [2.05, 4.69) is 22.0 Å². The predicted molar refractivity (Wildman–Crippen MR) is 142 cm³/mol. The molecule has 0 aliphatic heterocycles. The topological polar surface area (TPSA) is 81.5 Å². The van der Waals surface area contributed by atoms with E-state index in [0.29, 0.717) is 16.8 Å². The van der Waals surface area contributed by atoms with Gasteiger partial charge in [0.1, 0.15) is 28.9 Å². The molecule has 0 aliphatic carbocycles. The fraction of sp³-hybridized carbons (Fsp3) is 0.393. The molecule has 2 heterocycles. The van der Waals surface area contributed by atoms with Gasteiger partial charge in [0.25, 0.3) is 5.56 Å². The van der Waals surface area contributed by atoms with E-state index in [1.54, 1.807) is 13.3 Å². The smallest absolute Gasteiger partial charge is 0.298 e. The summed E-state index contributed by atoms with van der Waals surface area (Å²) in [5.74, 6) is 1.56. The van der Waals surface area contributed by atoms with Gasteiger partial charge in [-0.15, -0.1) is 0 Å². The van der Waals surface area contributed by atoms with Crippen LogP contribution >= 0.6 is 0 Å². The molecule has 0 atom stereocenters. The average Bonchev–Trinajstić information content (AvgIpc) is 3.27. The lowest BCUT2D eigenvalue weighted by molar-refractivity contribution is 0.304. The number of hydrogen-bond donors (Lipinski definition) is 1. The minimum atomic E-state index is -0.258. The van der Waals surface area contributed by atoms with Gasteiger partial charge in [-0.05, 0) is 54.4 Å². The van der Waals surface area contributed by atoms with E-state index in [0.717, 1.165) is 35.2 Å². The molecule has 7 heteroatoms. The molecule has 0 radical (unpaired) electrons. The van der Waals surface area contributed by atoms with Crippen molar-refractivity contribution in [2.24, 2.45) is 5.10 Å². The minimum Gasteiger partial charge on any atom is -0.497 e. The Morgan fingerprint density at radius 2 is 1.69 bits per heavy atom. The zero-order chi connectivity index (χ0) is 24.5. The molecular weight excluding hydrogens is 440 g/mol. The molecule has 35 heavy (non-hydrogen) atoms. The second-order valence-corrected chi connectivity index (χ2v) is 8.79. The molecule has 4 rings (SSSR count). The van der Waals surface area contributed by atoms with Gasteiger partial charge in [-0.25, -0.2) is 4.98 Å². The number of fused-ring (bicyclic) bond motifs is 3. The average molecular weight is 475 g/mol. The number of nitrogens with zero attached hydrogens (tertiary/aromatic N) is 3. The van der Waals surface area contributed by atoms with Crippen LogP contribution in [0.1, 0.15) is 63.9 Å². The van der Waals surface area contributed by atoms with Crippen LogP contribution < -0.4 is 15.0 Å². The Balaban J connectivity index is 1.32. The molecule has 7 nitrogen and oxygen atoms in total. The van der Waals surface area contributed by atoms with Crippen molar-refractivity contribution < 1.29 is 9.47 Å². The zero-order valence-electron chi connectivity index (χ0n) is 20.6. The number of nitrogens with one attached hydrogen (secondary N) is 1. The van der Waals surface area contributed by atoms with E-state index >= 15 is 0 Å². The maximum absolute atomic E-state index is 12.9. The molecule has 0 unspecified atom stereocenters. The summed E-state index contributed by atoms with van der Waals surface area (Å²) in [6.45, 7) is 2.98. The summed E-state index contributed by atoms with van der Waals surface area (Å²) in [4.78, 5) is 20.5. The molecule has 2 aromatic heterocycles. The van der Waals surface area contributed by atoms with Crippen LogP contribution in [0.5, 0.6) is 11.5 Å². The Morgan fingerprint density at radius 3 is 2.43 bits per heavy atom. The predicted octanol–water partition coefficient (Wildman–Crippen LogP) is 6.29. The number of H-pyrrole nitrogens is 1. The first-order valence-electron chi connectivity index (χ1n) is 12.5. The van der Waals surface area contributed by atoms with E-state index in [9.17, 15) is 4.79 Å². The van der Waals surface area contributed by atoms with Crippen molar-refractivity contribution in [1.82, 2.24) is 14.6 Å². The number of methoxy groups -OCH3 is 1. The molecule has 4 aromatic rings. The molecule has 0 saturated carbocycles. The summed E-state index contributed by atoms with van der Waals surface area (Å²) >= 11 is 0.